The Morgan fingerprint density at radius 3 is 2.79 bits per heavy atom. The molecule has 0 amide bonds. The lowest BCUT2D eigenvalue weighted by atomic mass is 10.1. The monoisotopic (exact) mass is 266 g/mol. The van der Waals surface area contributed by atoms with Crippen molar-refractivity contribution in [2.24, 2.45) is 5.73 Å². The zero-order chi connectivity index (χ0) is 10.6. The predicted molar refractivity (Wildman–Crippen MR) is 64.5 cm³/mol. The molecule has 1 rings (SSSR count). The lowest BCUT2D eigenvalue weighted by Crippen LogP contribution is -2.09. The van der Waals surface area contributed by atoms with Crippen LogP contribution in [0.2, 0.25) is 0 Å². The summed E-state index contributed by atoms with van der Waals surface area (Å²) in [5, 5.41) is 8.73. The van der Waals surface area contributed by atoms with Crippen molar-refractivity contribution in [3.63, 3.8) is 0 Å². The van der Waals surface area contributed by atoms with Gasteiger partial charge in [0, 0.05) is 4.47 Å². The van der Waals surface area contributed by atoms with Gasteiger partial charge in [0.05, 0.1) is 5.57 Å². The van der Waals surface area contributed by atoms with E-state index in [2.05, 4.69) is 15.9 Å². The van der Waals surface area contributed by atoms with Crippen LogP contribution in [0.25, 0.3) is 6.08 Å². The summed E-state index contributed by atoms with van der Waals surface area (Å²) in [6.07, 6.45) is 1.66. The molecule has 0 aliphatic carbocycles. The minimum absolute atomic E-state index is 0.118. The highest BCUT2D eigenvalue weighted by atomic mass is 79.9. The van der Waals surface area contributed by atoms with Crippen LogP contribution in [0.3, 0.4) is 0 Å². The Labute approximate surface area is 96.2 Å². The Hall–Kier alpha value is -1.18. The molecule has 0 bridgehead atoms. The summed E-state index contributed by atoms with van der Waals surface area (Å²) in [4.78, 5) is 0.118. The molecule has 70 valence electrons. The van der Waals surface area contributed by atoms with E-state index >= 15 is 0 Å². The van der Waals surface area contributed by atoms with Crippen molar-refractivity contribution in [2.45, 2.75) is 0 Å². The van der Waals surface area contributed by atoms with Crippen LogP contribution >= 0.6 is 28.1 Å². The average Bonchev–Trinajstić information content (AvgIpc) is 2.14. The molecule has 0 saturated carbocycles. The summed E-state index contributed by atoms with van der Waals surface area (Å²) in [5.41, 5.74) is 6.57. The van der Waals surface area contributed by atoms with E-state index < -0.39 is 0 Å². The molecule has 0 atom stereocenters. The van der Waals surface area contributed by atoms with Gasteiger partial charge in [-0.3, -0.25) is 0 Å². The van der Waals surface area contributed by atoms with Crippen LogP contribution in [0, 0.1) is 11.3 Å². The van der Waals surface area contributed by atoms with E-state index in [1.165, 1.54) is 0 Å². The first-order chi connectivity index (χ1) is 6.63. The molecule has 0 fully saturated rings. The first-order valence-corrected chi connectivity index (χ1v) is 5.01. The number of hydrogen-bond acceptors (Lipinski definition) is 2. The maximum atomic E-state index is 8.73. The van der Waals surface area contributed by atoms with Crippen molar-refractivity contribution in [2.75, 3.05) is 0 Å². The number of rotatable bonds is 2. The molecule has 0 aromatic heterocycles. The Morgan fingerprint density at radius 1 is 1.57 bits per heavy atom. The van der Waals surface area contributed by atoms with Crippen LogP contribution in [0.1, 0.15) is 5.56 Å². The molecule has 1 aromatic rings. The smallest absolute Gasteiger partial charge is 0.114 e. The average molecular weight is 267 g/mol. The fraction of sp³-hybridized carbons (Fsp3) is 0. The third-order valence-electron chi connectivity index (χ3n) is 1.55. The lowest BCUT2D eigenvalue weighted by Gasteiger charge is -1.96. The molecule has 4 heteroatoms. The summed E-state index contributed by atoms with van der Waals surface area (Å²) in [6.45, 7) is 0. The number of benzene rings is 1. The fourth-order valence-corrected chi connectivity index (χ4v) is 1.44. The van der Waals surface area contributed by atoms with Crippen LogP contribution in [-0.2, 0) is 0 Å². The Kier molecular flexibility index (Phi) is 3.81. The minimum atomic E-state index is 0.118. The SMILES string of the molecule is N#C/C(=C/c1cccc(Br)c1)C(N)=S. The summed E-state index contributed by atoms with van der Waals surface area (Å²) in [7, 11) is 0. The van der Waals surface area contributed by atoms with Gasteiger partial charge in [-0.05, 0) is 23.8 Å². The standard InChI is InChI=1S/C10H7BrN2S/c11-9-3-1-2-7(5-9)4-8(6-12)10(13)14/h1-5H,(H2,13,14)/b8-4-. The Balaban J connectivity index is 3.08. The number of nitrogens with two attached hydrogens (primary N) is 1. The van der Waals surface area contributed by atoms with Crippen LogP contribution < -0.4 is 5.73 Å². The van der Waals surface area contributed by atoms with Crippen LogP contribution in [0.4, 0.5) is 0 Å². The normalized spacial score (nSPS) is 10.7. The second-order valence-corrected chi connectivity index (χ2v) is 3.94. The third kappa shape index (κ3) is 2.95. The van der Waals surface area contributed by atoms with Gasteiger partial charge in [-0.1, -0.05) is 40.3 Å². The van der Waals surface area contributed by atoms with Gasteiger partial charge in [-0.25, -0.2) is 0 Å². The number of halogens is 1. The molecule has 0 radical (unpaired) electrons. The van der Waals surface area contributed by atoms with Gasteiger partial charge < -0.3 is 5.73 Å². The van der Waals surface area contributed by atoms with Crippen molar-refractivity contribution in [3.05, 3.63) is 39.9 Å². The molecule has 0 spiro atoms. The minimum Gasteiger partial charge on any atom is -0.389 e. The van der Waals surface area contributed by atoms with Crippen molar-refractivity contribution in [1.29, 1.82) is 5.26 Å². The molecular weight excluding hydrogens is 260 g/mol. The molecule has 0 aliphatic heterocycles. The lowest BCUT2D eigenvalue weighted by molar-refractivity contribution is 1.51. The van der Waals surface area contributed by atoms with Crippen LogP contribution in [0.15, 0.2) is 34.3 Å². The second kappa shape index (κ2) is 4.89. The largest absolute Gasteiger partial charge is 0.389 e. The van der Waals surface area contributed by atoms with Crippen LogP contribution in [-0.4, -0.2) is 4.99 Å². The number of thiocarbonyl (C=S) groups is 1. The molecular formula is C10H7BrN2S. The Bertz CT molecular complexity index is 432. The maximum absolute atomic E-state index is 8.73. The van der Waals surface area contributed by atoms with Crippen molar-refractivity contribution >= 4 is 39.2 Å². The zero-order valence-corrected chi connectivity index (χ0v) is 9.60. The van der Waals surface area contributed by atoms with Gasteiger partial charge in [-0.15, -0.1) is 0 Å². The molecule has 0 unspecified atom stereocenters. The van der Waals surface area contributed by atoms with Crippen molar-refractivity contribution < 1.29 is 0 Å². The van der Waals surface area contributed by atoms with Crippen LogP contribution in [0.5, 0.6) is 0 Å². The molecule has 1 aromatic carbocycles. The summed E-state index contributed by atoms with van der Waals surface area (Å²) >= 11 is 8.06. The first-order valence-electron chi connectivity index (χ1n) is 3.80. The van der Waals surface area contributed by atoms with Crippen molar-refractivity contribution in [3.8, 4) is 6.07 Å². The first kappa shape index (κ1) is 10.9. The van der Waals surface area contributed by atoms with E-state index in [1.807, 2.05) is 30.3 Å². The number of nitriles is 1. The predicted octanol–water partition coefficient (Wildman–Crippen LogP) is 2.64. The highest BCUT2D eigenvalue weighted by molar-refractivity contribution is 9.10. The van der Waals surface area contributed by atoms with E-state index in [-0.39, 0.29) is 4.99 Å². The van der Waals surface area contributed by atoms with E-state index in [9.17, 15) is 0 Å². The van der Waals surface area contributed by atoms with Crippen molar-refractivity contribution in [1.82, 2.24) is 0 Å². The van der Waals surface area contributed by atoms with Gasteiger partial charge in [0.15, 0.2) is 0 Å². The highest BCUT2D eigenvalue weighted by Crippen LogP contribution is 2.14. The van der Waals surface area contributed by atoms with Gasteiger partial charge in [0.1, 0.15) is 11.1 Å². The molecule has 0 heterocycles. The van der Waals surface area contributed by atoms with E-state index in [1.54, 1.807) is 6.08 Å². The van der Waals surface area contributed by atoms with Gasteiger partial charge in [-0.2, -0.15) is 5.26 Å². The highest BCUT2D eigenvalue weighted by Gasteiger charge is 1.99. The van der Waals surface area contributed by atoms with Gasteiger partial charge >= 0.3 is 0 Å². The van der Waals surface area contributed by atoms with E-state index in [0.717, 1.165) is 10.0 Å². The number of nitrogens with zero attached hydrogens (tertiary/aromatic N) is 1. The second-order valence-electron chi connectivity index (χ2n) is 2.59. The molecule has 2 nitrogen and oxygen atoms in total. The van der Waals surface area contributed by atoms with E-state index in [0.29, 0.717) is 5.57 Å². The molecule has 14 heavy (non-hydrogen) atoms. The fourth-order valence-electron chi connectivity index (χ4n) is 0.922. The number of hydrogen-bond donors (Lipinski definition) is 1. The van der Waals surface area contributed by atoms with Gasteiger partial charge in [0.25, 0.3) is 0 Å². The summed E-state index contributed by atoms with van der Waals surface area (Å²) in [5.74, 6) is 0. The molecule has 0 aliphatic rings. The third-order valence-corrected chi connectivity index (χ3v) is 2.26. The van der Waals surface area contributed by atoms with E-state index in [4.69, 9.17) is 23.2 Å². The molecule has 2 N–H and O–H groups in total. The Morgan fingerprint density at radius 2 is 2.29 bits per heavy atom. The van der Waals surface area contributed by atoms with Gasteiger partial charge in [0.2, 0.25) is 0 Å². The quantitative estimate of drug-likeness (QED) is 0.509. The molecule has 0 saturated heterocycles. The zero-order valence-electron chi connectivity index (χ0n) is 7.20. The maximum Gasteiger partial charge on any atom is 0.114 e. The topological polar surface area (TPSA) is 49.8 Å². The summed E-state index contributed by atoms with van der Waals surface area (Å²) in [6, 6.07) is 9.50. The summed E-state index contributed by atoms with van der Waals surface area (Å²) < 4.78 is 0.950.